The molecule has 0 spiro atoms. The highest BCUT2D eigenvalue weighted by atomic mass is 79.9. The van der Waals surface area contributed by atoms with Crippen LogP contribution in [0.2, 0.25) is 0 Å². The van der Waals surface area contributed by atoms with Crippen molar-refractivity contribution in [3.05, 3.63) is 58.1 Å². The second kappa shape index (κ2) is 4.85. The molecule has 0 fully saturated rings. The number of benzene rings is 1. The fourth-order valence-corrected chi connectivity index (χ4v) is 1.74. The molecule has 3 nitrogen and oxygen atoms in total. The van der Waals surface area contributed by atoms with Crippen molar-refractivity contribution in [3.63, 3.8) is 0 Å². The smallest absolute Gasteiger partial charge is 0.146 e. The van der Waals surface area contributed by atoms with Crippen LogP contribution in [-0.2, 0) is 0 Å². The summed E-state index contributed by atoms with van der Waals surface area (Å²) in [5.74, 6) is -1.67. The first-order chi connectivity index (χ1) is 8.11. The predicted molar refractivity (Wildman–Crippen MR) is 60.2 cm³/mol. The van der Waals surface area contributed by atoms with Crippen LogP contribution in [0.25, 0.3) is 0 Å². The summed E-state index contributed by atoms with van der Waals surface area (Å²) >= 11 is 2.93. The van der Waals surface area contributed by atoms with E-state index < -0.39 is 23.3 Å². The van der Waals surface area contributed by atoms with Gasteiger partial charge in [0.2, 0.25) is 0 Å². The van der Waals surface area contributed by atoms with Crippen molar-refractivity contribution < 1.29 is 13.9 Å². The molecule has 0 aliphatic carbocycles. The minimum Gasteiger partial charge on any atom is -0.382 e. The number of hydrogen-bond acceptors (Lipinski definition) is 3. The Morgan fingerprint density at radius 1 is 1.24 bits per heavy atom. The van der Waals surface area contributed by atoms with Crippen molar-refractivity contribution in [1.82, 2.24) is 9.97 Å². The van der Waals surface area contributed by atoms with Gasteiger partial charge in [0.15, 0.2) is 0 Å². The molecule has 0 saturated carbocycles. The largest absolute Gasteiger partial charge is 0.382 e. The summed E-state index contributed by atoms with van der Waals surface area (Å²) in [7, 11) is 0. The summed E-state index contributed by atoms with van der Waals surface area (Å²) in [5, 5.41) is 9.87. The van der Waals surface area contributed by atoms with E-state index in [1.807, 2.05) is 0 Å². The van der Waals surface area contributed by atoms with Gasteiger partial charge >= 0.3 is 0 Å². The molecule has 1 unspecified atom stereocenters. The molecule has 0 bridgehead atoms. The predicted octanol–water partition coefficient (Wildman–Crippen LogP) is 2.60. The molecule has 6 heteroatoms. The second-order valence-corrected chi connectivity index (χ2v) is 4.14. The molecule has 1 aromatic heterocycles. The van der Waals surface area contributed by atoms with E-state index in [1.165, 1.54) is 24.7 Å². The summed E-state index contributed by atoms with van der Waals surface area (Å²) in [6, 6.07) is 2.31. The fourth-order valence-electron chi connectivity index (χ4n) is 1.39. The van der Waals surface area contributed by atoms with Crippen LogP contribution in [0.1, 0.15) is 17.4 Å². The summed E-state index contributed by atoms with van der Waals surface area (Å²) in [5.41, 5.74) is -0.358. The Hall–Kier alpha value is -1.40. The van der Waals surface area contributed by atoms with Crippen LogP contribution in [0.15, 0.2) is 35.2 Å². The third-order valence-electron chi connectivity index (χ3n) is 2.22. The maximum atomic E-state index is 13.7. The van der Waals surface area contributed by atoms with Crippen LogP contribution >= 0.6 is 15.9 Å². The number of aliphatic hydroxyl groups excluding tert-OH is 1. The lowest BCUT2D eigenvalue weighted by Crippen LogP contribution is -2.08. The van der Waals surface area contributed by atoms with Crippen molar-refractivity contribution in [3.8, 4) is 0 Å². The lowest BCUT2D eigenvalue weighted by atomic mass is 10.1. The molecule has 0 amide bonds. The highest BCUT2D eigenvalue weighted by Crippen LogP contribution is 2.29. The van der Waals surface area contributed by atoms with Crippen LogP contribution in [0.4, 0.5) is 8.78 Å². The van der Waals surface area contributed by atoms with Crippen LogP contribution in [0.3, 0.4) is 0 Å². The molecule has 0 aliphatic heterocycles. The van der Waals surface area contributed by atoms with Crippen molar-refractivity contribution in [2.24, 2.45) is 0 Å². The minimum absolute atomic E-state index is 0.0804. The summed E-state index contributed by atoms with van der Waals surface area (Å²) in [4.78, 5) is 7.54. The Kier molecular flexibility index (Phi) is 3.44. The zero-order valence-corrected chi connectivity index (χ0v) is 10.0. The first-order valence-electron chi connectivity index (χ1n) is 4.68. The molecule has 17 heavy (non-hydrogen) atoms. The number of halogens is 3. The van der Waals surface area contributed by atoms with Gasteiger partial charge in [-0.3, -0.25) is 9.97 Å². The Labute approximate surface area is 104 Å². The quantitative estimate of drug-likeness (QED) is 0.867. The average Bonchev–Trinajstić information content (AvgIpc) is 2.35. The molecule has 0 saturated heterocycles. The van der Waals surface area contributed by atoms with E-state index in [2.05, 4.69) is 25.9 Å². The molecule has 0 radical (unpaired) electrons. The van der Waals surface area contributed by atoms with Gasteiger partial charge in [0.1, 0.15) is 17.7 Å². The van der Waals surface area contributed by atoms with Crippen LogP contribution in [0, 0.1) is 11.6 Å². The topological polar surface area (TPSA) is 46.0 Å². The molecule has 88 valence electrons. The summed E-state index contributed by atoms with van der Waals surface area (Å²) < 4.78 is 27.3. The zero-order chi connectivity index (χ0) is 12.4. The standard InChI is InChI=1S/C11H7BrF2N2O/c12-6-1-2-7(13)9(10(6)14)11(17)8-5-15-3-4-16-8/h1-5,11,17H. The third-order valence-corrected chi connectivity index (χ3v) is 2.83. The highest BCUT2D eigenvalue weighted by molar-refractivity contribution is 9.10. The average molecular weight is 301 g/mol. The lowest BCUT2D eigenvalue weighted by molar-refractivity contribution is 0.203. The first-order valence-corrected chi connectivity index (χ1v) is 5.48. The molecule has 1 atom stereocenters. The fraction of sp³-hybridized carbons (Fsp3) is 0.0909. The maximum absolute atomic E-state index is 13.7. The molecular formula is C11H7BrF2N2O. The van der Waals surface area contributed by atoms with Gasteiger partial charge in [0.05, 0.1) is 21.9 Å². The molecule has 1 aromatic carbocycles. The number of hydrogen-bond donors (Lipinski definition) is 1. The van der Waals surface area contributed by atoms with Crippen LogP contribution in [0.5, 0.6) is 0 Å². The molecule has 1 N–H and O–H groups in total. The van der Waals surface area contributed by atoms with Gasteiger partial charge in [-0.25, -0.2) is 8.78 Å². The second-order valence-electron chi connectivity index (χ2n) is 3.29. The molecular weight excluding hydrogens is 294 g/mol. The van der Waals surface area contributed by atoms with E-state index in [1.54, 1.807) is 0 Å². The monoisotopic (exact) mass is 300 g/mol. The minimum atomic E-state index is -1.49. The molecule has 1 heterocycles. The molecule has 2 rings (SSSR count). The number of rotatable bonds is 2. The number of aliphatic hydroxyl groups is 1. The maximum Gasteiger partial charge on any atom is 0.146 e. The van der Waals surface area contributed by atoms with Gasteiger partial charge in [-0.15, -0.1) is 0 Å². The van der Waals surface area contributed by atoms with Gasteiger partial charge in [0.25, 0.3) is 0 Å². The third kappa shape index (κ3) is 2.32. The van der Waals surface area contributed by atoms with Gasteiger partial charge in [-0.05, 0) is 28.1 Å². The first kappa shape index (κ1) is 12.1. The van der Waals surface area contributed by atoms with Crippen molar-refractivity contribution in [1.29, 1.82) is 0 Å². The van der Waals surface area contributed by atoms with Gasteiger partial charge in [-0.1, -0.05) is 0 Å². The van der Waals surface area contributed by atoms with E-state index in [0.29, 0.717) is 0 Å². The Balaban J connectivity index is 2.51. The van der Waals surface area contributed by atoms with Crippen molar-refractivity contribution in [2.75, 3.05) is 0 Å². The Morgan fingerprint density at radius 3 is 2.65 bits per heavy atom. The normalized spacial score (nSPS) is 12.5. The van der Waals surface area contributed by atoms with Crippen molar-refractivity contribution >= 4 is 15.9 Å². The van der Waals surface area contributed by atoms with Gasteiger partial charge in [-0.2, -0.15) is 0 Å². The van der Waals surface area contributed by atoms with Gasteiger partial charge < -0.3 is 5.11 Å². The van der Waals surface area contributed by atoms with Crippen LogP contribution in [-0.4, -0.2) is 15.1 Å². The molecule has 2 aromatic rings. The number of nitrogens with zero attached hydrogens (tertiary/aromatic N) is 2. The van der Waals surface area contributed by atoms with E-state index in [0.717, 1.165) is 6.07 Å². The van der Waals surface area contributed by atoms with E-state index in [4.69, 9.17) is 0 Å². The lowest BCUT2D eigenvalue weighted by Gasteiger charge is -2.12. The zero-order valence-electron chi connectivity index (χ0n) is 8.44. The summed E-state index contributed by atoms with van der Waals surface area (Å²) in [6.07, 6.45) is 2.52. The molecule has 0 aliphatic rings. The summed E-state index contributed by atoms with van der Waals surface area (Å²) in [6.45, 7) is 0. The Bertz CT molecular complexity index is 536. The Morgan fingerprint density at radius 2 is 2.00 bits per heavy atom. The van der Waals surface area contributed by atoms with Crippen molar-refractivity contribution in [2.45, 2.75) is 6.10 Å². The van der Waals surface area contributed by atoms with Crippen LogP contribution < -0.4 is 0 Å². The number of aromatic nitrogens is 2. The van der Waals surface area contributed by atoms with Gasteiger partial charge in [0, 0.05) is 12.4 Å². The van der Waals surface area contributed by atoms with E-state index in [-0.39, 0.29) is 10.2 Å². The van der Waals surface area contributed by atoms with E-state index in [9.17, 15) is 13.9 Å². The van der Waals surface area contributed by atoms with E-state index >= 15 is 0 Å². The SMILES string of the molecule is OC(c1cnccn1)c1c(F)ccc(Br)c1F. The highest BCUT2D eigenvalue weighted by Gasteiger charge is 2.22.